The molecule has 4 nitrogen and oxygen atoms in total. The van der Waals surface area contributed by atoms with Crippen molar-refractivity contribution in [1.82, 2.24) is 4.98 Å². The maximum Gasteiger partial charge on any atom is 0.343 e. The average Bonchev–Trinajstić information content (AvgIpc) is 2.98. The van der Waals surface area contributed by atoms with E-state index in [0.29, 0.717) is 11.4 Å². The molecule has 4 rings (SSSR count). The number of aromatic nitrogens is 1. The smallest absolute Gasteiger partial charge is 0.343 e. The van der Waals surface area contributed by atoms with Crippen molar-refractivity contribution in [1.29, 1.82) is 0 Å². The molecule has 0 amide bonds. The number of fused-ring (bicyclic) bond motifs is 2. The second-order valence-corrected chi connectivity index (χ2v) is 6.50. The zero-order valence-corrected chi connectivity index (χ0v) is 12.7. The zero-order valence-electron chi connectivity index (χ0n) is 12.7. The molecular formula is C18H18N2O2. The Hall–Kier alpha value is -2.36. The summed E-state index contributed by atoms with van der Waals surface area (Å²) in [6.07, 6.45) is 3.66. The Labute approximate surface area is 129 Å². The predicted molar refractivity (Wildman–Crippen MR) is 83.9 cm³/mol. The van der Waals surface area contributed by atoms with Gasteiger partial charge in [-0.15, -0.1) is 0 Å². The van der Waals surface area contributed by atoms with Gasteiger partial charge in [0.1, 0.15) is 17.0 Å². The lowest BCUT2D eigenvalue weighted by Crippen LogP contribution is -2.22. The molecule has 1 aromatic carbocycles. The lowest BCUT2D eigenvalue weighted by molar-refractivity contribution is 0.00958. The van der Waals surface area contributed by atoms with Gasteiger partial charge in [0.2, 0.25) is 0 Å². The minimum absolute atomic E-state index is 0.271. The molecule has 4 heteroatoms. The number of hydrogen-bond acceptors (Lipinski definition) is 4. The van der Waals surface area contributed by atoms with Crippen LogP contribution in [0, 0.1) is 0 Å². The van der Waals surface area contributed by atoms with Crippen molar-refractivity contribution in [3.05, 3.63) is 58.8 Å². The van der Waals surface area contributed by atoms with Gasteiger partial charge in [-0.2, -0.15) is 0 Å². The molecule has 2 heterocycles. The van der Waals surface area contributed by atoms with Gasteiger partial charge in [0, 0.05) is 17.8 Å². The lowest BCUT2D eigenvalue weighted by Gasteiger charge is -2.18. The first kappa shape index (κ1) is 13.3. The van der Waals surface area contributed by atoms with E-state index in [4.69, 9.17) is 4.74 Å². The molecule has 1 N–H and O–H groups in total. The predicted octanol–water partition coefficient (Wildman–Crippen LogP) is 3.07. The number of nitrogens with zero attached hydrogens (tertiary/aromatic N) is 1. The van der Waals surface area contributed by atoms with Crippen LogP contribution in [0.2, 0.25) is 0 Å². The van der Waals surface area contributed by atoms with Crippen molar-refractivity contribution in [2.45, 2.75) is 38.3 Å². The fourth-order valence-corrected chi connectivity index (χ4v) is 3.47. The topological polar surface area (TPSA) is 51.2 Å². The minimum atomic E-state index is -0.579. The average molecular weight is 294 g/mol. The van der Waals surface area contributed by atoms with Crippen LogP contribution in [-0.2, 0) is 23.2 Å². The quantitative estimate of drug-likeness (QED) is 0.865. The number of cyclic esters (lactones) is 1. The molecule has 0 bridgehead atoms. The molecular weight excluding hydrogens is 276 g/mol. The number of esters is 1. The summed E-state index contributed by atoms with van der Waals surface area (Å²) in [7, 11) is 0. The molecule has 0 saturated heterocycles. The maximum atomic E-state index is 12.2. The molecule has 2 aliphatic rings. The fraction of sp³-hybridized carbons (Fsp3) is 0.333. The van der Waals surface area contributed by atoms with E-state index in [1.165, 1.54) is 11.1 Å². The first-order valence-corrected chi connectivity index (χ1v) is 7.61. The summed E-state index contributed by atoms with van der Waals surface area (Å²) in [5.41, 5.74) is 3.66. The zero-order chi connectivity index (χ0) is 15.3. The highest BCUT2D eigenvalue weighted by Crippen LogP contribution is 2.38. The van der Waals surface area contributed by atoms with Gasteiger partial charge in [-0.3, -0.25) is 0 Å². The summed E-state index contributed by atoms with van der Waals surface area (Å²) in [6.45, 7) is 3.82. The van der Waals surface area contributed by atoms with Gasteiger partial charge >= 0.3 is 5.97 Å². The molecule has 0 radical (unpaired) electrons. The number of pyridine rings is 1. The third kappa shape index (κ3) is 1.98. The Morgan fingerprint density at radius 3 is 2.55 bits per heavy atom. The molecule has 22 heavy (non-hydrogen) atoms. The van der Waals surface area contributed by atoms with E-state index in [1.807, 2.05) is 19.9 Å². The van der Waals surface area contributed by atoms with Gasteiger partial charge in [0.15, 0.2) is 0 Å². The van der Waals surface area contributed by atoms with E-state index in [1.54, 1.807) is 6.20 Å². The monoisotopic (exact) mass is 294 g/mol. The summed E-state index contributed by atoms with van der Waals surface area (Å²) in [6, 6.07) is 10.6. The number of benzene rings is 1. The van der Waals surface area contributed by atoms with E-state index in [-0.39, 0.29) is 12.0 Å². The summed E-state index contributed by atoms with van der Waals surface area (Å²) in [4.78, 5) is 16.6. The van der Waals surface area contributed by atoms with Gasteiger partial charge in [0.25, 0.3) is 0 Å². The van der Waals surface area contributed by atoms with Crippen LogP contribution in [0.3, 0.4) is 0 Å². The Morgan fingerprint density at radius 2 is 1.86 bits per heavy atom. The third-order valence-electron chi connectivity index (χ3n) is 4.54. The van der Waals surface area contributed by atoms with Crippen LogP contribution in [0.1, 0.15) is 40.9 Å². The Balaban J connectivity index is 1.64. The number of ether oxygens (including phenoxy) is 1. The van der Waals surface area contributed by atoms with Crippen LogP contribution in [0.15, 0.2) is 36.5 Å². The Morgan fingerprint density at radius 1 is 1.18 bits per heavy atom. The van der Waals surface area contributed by atoms with Crippen LogP contribution >= 0.6 is 0 Å². The van der Waals surface area contributed by atoms with E-state index < -0.39 is 5.60 Å². The number of hydrogen-bond donors (Lipinski definition) is 1. The van der Waals surface area contributed by atoms with Crippen LogP contribution < -0.4 is 5.32 Å². The molecule has 112 valence electrons. The van der Waals surface area contributed by atoms with Crippen LogP contribution in [-0.4, -0.2) is 17.0 Å². The van der Waals surface area contributed by atoms with Crippen LogP contribution in [0.25, 0.3) is 0 Å². The highest BCUT2D eigenvalue weighted by molar-refractivity contribution is 5.99. The van der Waals surface area contributed by atoms with Crippen molar-refractivity contribution in [2.75, 3.05) is 5.32 Å². The highest BCUT2D eigenvalue weighted by Gasteiger charge is 2.40. The molecule has 0 unspecified atom stereocenters. The summed E-state index contributed by atoms with van der Waals surface area (Å²) >= 11 is 0. The Kier molecular flexibility index (Phi) is 2.76. The van der Waals surface area contributed by atoms with Crippen LogP contribution in [0.4, 0.5) is 5.82 Å². The normalized spacial score (nSPS) is 18.7. The molecule has 1 aliphatic heterocycles. The summed E-state index contributed by atoms with van der Waals surface area (Å²) < 4.78 is 5.47. The van der Waals surface area contributed by atoms with Gasteiger partial charge in [-0.1, -0.05) is 24.3 Å². The minimum Gasteiger partial charge on any atom is -0.451 e. The molecule has 0 saturated carbocycles. The Bertz CT molecular complexity index is 742. The molecule has 1 aromatic heterocycles. The van der Waals surface area contributed by atoms with Crippen LogP contribution in [0.5, 0.6) is 0 Å². The number of rotatable bonds is 2. The second-order valence-electron chi connectivity index (χ2n) is 6.50. The van der Waals surface area contributed by atoms with Crippen molar-refractivity contribution >= 4 is 11.8 Å². The molecule has 0 spiro atoms. The second kappa shape index (κ2) is 4.57. The number of carbonyl (C=O) groups is 1. The van der Waals surface area contributed by atoms with Gasteiger partial charge < -0.3 is 10.1 Å². The van der Waals surface area contributed by atoms with Gasteiger partial charge in [0.05, 0.1) is 0 Å². The van der Waals surface area contributed by atoms with Crippen molar-refractivity contribution < 1.29 is 9.53 Å². The largest absolute Gasteiger partial charge is 0.451 e. The first-order chi connectivity index (χ1) is 10.5. The van der Waals surface area contributed by atoms with Gasteiger partial charge in [-0.25, -0.2) is 9.78 Å². The van der Waals surface area contributed by atoms with E-state index in [9.17, 15) is 4.79 Å². The standard InChI is InChI=1S/C18H18N2O2/c1-18(2)14-7-8-19-16(15(14)17(21)22-18)20-13-9-11-5-3-4-6-12(11)10-13/h3-8,13H,9-10H2,1-2H3,(H,19,20). The molecule has 1 aliphatic carbocycles. The van der Waals surface area contributed by atoms with E-state index in [2.05, 4.69) is 34.6 Å². The molecule has 2 aromatic rings. The molecule has 0 fully saturated rings. The van der Waals surface area contributed by atoms with Crippen molar-refractivity contribution in [2.24, 2.45) is 0 Å². The van der Waals surface area contributed by atoms with Crippen molar-refractivity contribution in [3.8, 4) is 0 Å². The number of nitrogens with one attached hydrogen (secondary N) is 1. The fourth-order valence-electron chi connectivity index (χ4n) is 3.47. The number of anilines is 1. The summed E-state index contributed by atoms with van der Waals surface area (Å²) in [5, 5.41) is 3.44. The first-order valence-electron chi connectivity index (χ1n) is 7.61. The third-order valence-corrected chi connectivity index (χ3v) is 4.54. The summed E-state index contributed by atoms with van der Waals surface area (Å²) in [5.74, 6) is 0.358. The van der Waals surface area contributed by atoms with Gasteiger partial charge in [-0.05, 0) is 43.9 Å². The number of carbonyl (C=O) groups excluding carboxylic acids is 1. The van der Waals surface area contributed by atoms with E-state index >= 15 is 0 Å². The lowest BCUT2D eigenvalue weighted by atomic mass is 9.97. The highest BCUT2D eigenvalue weighted by atomic mass is 16.6. The maximum absolute atomic E-state index is 12.2. The SMILES string of the molecule is CC1(C)OC(=O)c2c1ccnc2NC1Cc2ccccc2C1. The van der Waals surface area contributed by atoms with E-state index in [0.717, 1.165) is 18.4 Å². The molecule has 0 atom stereocenters. The van der Waals surface area contributed by atoms with Crippen molar-refractivity contribution in [3.63, 3.8) is 0 Å².